The summed E-state index contributed by atoms with van der Waals surface area (Å²) < 4.78 is 0. The number of aromatic nitrogens is 1. The fraction of sp³-hybridized carbons (Fsp3) is 0.0833. The minimum Gasteiger partial charge on any atom is -0.380 e. The molecule has 0 saturated carbocycles. The van der Waals surface area contributed by atoms with Crippen LogP contribution in [-0.2, 0) is 6.54 Å². The molecule has 2 rings (SSSR count). The molecule has 3 nitrogen and oxygen atoms in total. The maximum atomic E-state index is 8.93. The van der Waals surface area contributed by atoms with E-state index in [9.17, 15) is 0 Å². The third-order valence-corrected chi connectivity index (χ3v) is 2.48. The summed E-state index contributed by atoms with van der Waals surface area (Å²) >= 11 is 5.88. The van der Waals surface area contributed by atoms with E-state index in [0.717, 1.165) is 11.3 Å². The van der Waals surface area contributed by atoms with Crippen LogP contribution in [0.15, 0.2) is 36.7 Å². The highest BCUT2D eigenvalue weighted by Crippen LogP contribution is 2.20. The highest BCUT2D eigenvalue weighted by atomic mass is 35.5. The topological polar surface area (TPSA) is 51.6 Å². The Balaban J connectivity index is 2.15. The van der Waals surface area contributed by atoms with Crippen molar-refractivity contribution in [2.75, 3.05) is 5.32 Å². The number of hydrogen-bond donors (Lipinski definition) is 2. The van der Waals surface area contributed by atoms with E-state index in [1.807, 2.05) is 18.5 Å². The number of halogens is 1. The number of hydrogen-bond acceptors (Lipinski definition) is 2. The molecule has 1 aromatic carbocycles. The molecule has 0 fully saturated rings. The zero-order valence-electron chi connectivity index (χ0n) is 8.50. The lowest BCUT2D eigenvalue weighted by Gasteiger charge is -2.07. The summed E-state index contributed by atoms with van der Waals surface area (Å²) in [4.78, 5) is 2.97. The van der Waals surface area contributed by atoms with Gasteiger partial charge in [-0.05, 0) is 29.8 Å². The Morgan fingerprint density at radius 2 is 2.25 bits per heavy atom. The lowest BCUT2D eigenvalue weighted by Crippen LogP contribution is -2.00. The van der Waals surface area contributed by atoms with Gasteiger partial charge < -0.3 is 10.3 Å². The minimum absolute atomic E-state index is 0.597. The Hall–Kier alpha value is -1.92. The largest absolute Gasteiger partial charge is 0.380 e. The van der Waals surface area contributed by atoms with Gasteiger partial charge in [0, 0.05) is 24.0 Å². The van der Waals surface area contributed by atoms with Gasteiger partial charge in [0.25, 0.3) is 0 Å². The molecule has 16 heavy (non-hydrogen) atoms. The van der Waals surface area contributed by atoms with E-state index in [4.69, 9.17) is 16.9 Å². The van der Waals surface area contributed by atoms with Gasteiger partial charge in [-0.3, -0.25) is 0 Å². The summed E-state index contributed by atoms with van der Waals surface area (Å²) in [5.74, 6) is 0. The number of benzene rings is 1. The Kier molecular flexibility index (Phi) is 3.13. The molecule has 0 atom stereocenters. The standard InChI is InChI=1S/C12H10ClN3/c13-11-2-1-10(6-14)12(5-11)16-8-9-3-4-15-7-9/h1-5,7,15-16H,8H2. The molecule has 2 aromatic rings. The molecular formula is C12H10ClN3. The van der Waals surface area contributed by atoms with E-state index in [-0.39, 0.29) is 0 Å². The Morgan fingerprint density at radius 1 is 1.38 bits per heavy atom. The van der Waals surface area contributed by atoms with Gasteiger partial charge in [0.1, 0.15) is 6.07 Å². The van der Waals surface area contributed by atoms with Gasteiger partial charge in [-0.25, -0.2) is 0 Å². The summed E-state index contributed by atoms with van der Waals surface area (Å²) in [5, 5.41) is 12.7. The predicted molar refractivity (Wildman–Crippen MR) is 64.3 cm³/mol. The van der Waals surface area contributed by atoms with E-state index in [2.05, 4.69) is 16.4 Å². The van der Waals surface area contributed by atoms with Crippen LogP contribution in [0.1, 0.15) is 11.1 Å². The van der Waals surface area contributed by atoms with Crippen molar-refractivity contribution in [1.82, 2.24) is 4.98 Å². The lowest BCUT2D eigenvalue weighted by molar-refractivity contribution is 1.15. The molecular weight excluding hydrogens is 222 g/mol. The summed E-state index contributed by atoms with van der Waals surface area (Å²) in [6, 6.07) is 9.28. The zero-order valence-corrected chi connectivity index (χ0v) is 9.25. The number of rotatable bonds is 3. The van der Waals surface area contributed by atoms with Crippen LogP contribution in [0.3, 0.4) is 0 Å². The number of H-pyrrole nitrogens is 1. The maximum absolute atomic E-state index is 8.93. The van der Waals surface area contributed by atoms with Crippen LogP contribution in [0.2, 0.25) is 5.02 Å². The molecule has 1 heterocycles. The molecule has 0 unspecified atom stereocenters. The van der Waals surface area contributed by atoms with E-state index < -0.39 is 0 Å². The van der Waals surface area contributed by atoms with Crippen molar-refractivity contribution < 1.29 is 0 Å². The van der Waals surface area contributed by atoms with Crippen LogP contribution in [-0.4, -0.2) is 4.98 Å². The first-order valence-corrected chi connectivity index (χ1v) is 5.22. The van der Waals surface area contributed by atoms with Gasteiger partial charge in [-0.1, -0.05) is 11.6 Å². The fourth-order valence-electron chi connectivity index (χ4n) is 1.43. The minimum atomic E-state index is 0.597. The average Bonchev–Trinajstić information content (AvgIpc) is 2.79. The first-order chi connectivity index (χ1) is 7.79. The monoisotopic (exact) mass is 231 g/mol. The van der Waals surface area contributed by atoms with Crippen molar-refractivity contribution in [1.29, 1.82) is 5.26 Å². The van der Waals surface area contributed by atoms with Crippen LogP contribution in [0.5, 0.6) is 0 Å². The molecule has 4 heteroatoms. The van der Waals surface area contributed by atoms with Crippen LogP contribution >= 0.6 is 11.6 Å². The normalized spacial score (nSPS) is 9.75. The molecule has 2 N–H and O–H groups in total. The number of nitrogens with zero attached hydrogens (tertiary/aromatic N) is 1. The van der Waals surface area contributed by atoms with Gasteiger partial charge in [0.15, 0.2) is 0 Å². The number of anilines is 1. The van der Waals surface area contributed by atoms with Crippen molar-refractivity contribution in [2.45, 2.75) is 6.54 Å². The van der Waals surface area contributed by atoms with Gasteiger partial charge >= 0.3 is 0 Å². The smallest absolute Gasteiger partial charge is 0.101 e. The third kappa shape index (κ3) is 2.36. The quantitative estimate of drug-likeness (QED) is 0.853. The van der Waals surface area contributed by atoms with E-state index >= 15 is 0 Å². The molecule has 0 aliphatic heterocycles. The number of aromatic amines is 1. The first-order valence-electron chi connectivity index (χ1n) is 4.85. The predicted octanol–water partition coefficient (Wildman–Crippen LogP) is 3.15. The van der Waals surface area contributed by atoms with Gasteiger partial charge in [-0.2, -0.15) is 5.26 Å². The van der Waals surface area contributed by atoms with Crippen molar-refractivity contribution in [2.24, 2.45) is 0 Å². The second-order valence-electron chi connectivity index (χ2n) is 3.37. The van der Waals surface area contributed by atoms with Crippen molar-refractivity contribution in [3.8, 4) is 6.07 Å². The lowest BCUT2D eigenvalue weighted by atomic mass is 10.2. The fourth-order valence-corrected chi connectivity index (χ4v) is 1.60. The van der Waals surface area contributed by atoms with Crippen LogP contribution in [0.4, 0.5) is 5.69 Å². The third-order valence-electron chi connectivity index (χ3n) is 2.25. The Bertz CT molecular complexity index is 512. The Morgan fingerprint density at radius 3 is 2.94 bits per heavy atom. The highest BCUT2D eigenvalue weighted by molar-refractivity contribution is 6.30. The molecule has 0 amide bonds. The number of nitrogens with one attached hydrogen (secondary N) is 2. The molecule has 0 aliphatic rings. The molecule has 0 aliphatic carbocycles. The van der Waals surface area contributed by atoms with Crippen LogP contribution < -0.4 is 5.32 Å². The molecule has 1 aromatic heterocycles. The molecule has 0 saturated heterocycles. The van der Waals surface area contributed by atoms with Crippen molar-refractivity contribution in [3.05, 3.63) is 52.8 Å². The Labute approximate surface area is 98.7 Å². The molecule has 0 radical (unpaired) electrons. The SMILES string of the molecule is N#Cc1ccc(Cl)cc1NCc1cc[nH]c1. The van der Waals surface area contributed by atoms with Crippen molar-refractivity contribution in [3.63, 3.8) is 0 Å². The summed E-state index contributed by atoms with van der Waals surface area (Å²) in [6.07, 6.45) is 3.77. The number of nitriles is 1. The van der Waals surface area contributed by atoms with E-state index in [1.165, 1.54) is 0 Å². The maximum Gasteiger partial charge on any atom is 0.101 e. The summed E-state index contributed by atoms with van der Waals surface area (Å²) in [6.45, 7) is 0.665. The summed E-state index contributed by atoms with van der Waals surface area (Å²) in [5.41, 5.74) is 2.49. The van der Waals surface area contributed by atoms with Crippen LogP contribution in [0.25, 0.3) is 0 Å². The molecule has 80 valence electrons. The van der Waals surface area contributed by atoms with Gasteiger partial charge in [0.2, 0.25) is 0 Å². The molecule has 0 spiro atoms. The van der Waals surface area contributed by atoms with E-state index in [0.29, 0.717) is 17.1 Å². The van der Waals surface area contributed by atoms with Crippen molar-refractivity contribution >= 4 is 17.3 Å². The van der Waals surface area contributed by atoms with Gasteiger partial charge in [-0.15, -0.1) is 0 Å². The first kappa shape index (κ1) is 10.6. The second-order valence-corrected chi connectivity index (χ2v) is 3.81. The zero-order chi connectivity index (χ0) is 11.4. The van der Waals surface area contributed by atoms with Gasteiger partial charge in [0.05, 0.1) is 11.3 Å². The average molecular weight is 232 g/mol. The van der Waals surface area contributed by atoms with Crippen LogP contribution in [0, 0.1) is 11.3 Å². The summed E-state index contributed by atoms with van der Waals surface area (Å²) in [7, 11) is 0. The molecule has 0 bridgehead atoms. The highest BCUT2D eigenvalue weighted by Gasteiger charge is 2.02. The second kappa shape index (κ2) is 4.73. The van der Waals surface area contributed by atoms with E-state index in [1.54, 1.807) is 18.2 Å².